The number of aryl methyl sites for hydroxylation is 2. The van der Waals surface area contributed by atoms with Gasteiger partial charge in [-0.3, -0.25) is 0 Å². The Morgan fingerprint density at radius 2 is 1.65 bits per heavy atom. The quantitative estimate of drug-likeness (QED) is 0.721. The summed E-state index contributed by atoms with van der Waals surface area (Å²) in [6.07, 6.45) is 1.78. The van der Waals surface area contributed by atoms with Crippen molar-refractivity contribution in [2.24, 2.45) is 0 Å². The molecule has 0 saturated heterocycles. The largest absolute Gasteiger partial charge is 0.316 e. The maximum atomic E-state index is 12.1. The van der Waals surface area contributed by atoms with Crippen LogP contribution in [-0.2, 0) is 22.9 Å². The zero-order chi connectivity index (χ0) is 14.3. The summed E-state index contributed by atoms with van der Waals surface area (Å²) in [6.45, 7) is 8.01. The Morgan fingerprint density at radius 3 is 2.20 bits per heavy atom. The number of rotatable bonds is 8. The van der Waals surface area contributed by atoms with Crippen LogP contribution in [0.2, 0.25) is 0 Å². The third-order valence-electron chi connectivity index (χ3n) is 3.09. The van der Waals surface area contributed by atoms with Crippen LogP contribution in [0, 0.1) is 0 Å². The molecule has 6 heteroatoms. The van der Waals surface area contributed by atoms with Gasteiger partial charge in [-0.25, -0.2) is 13.1 Å². The second-order valence-electron chi connectivity index (χ2n) is 4.39. The van der Waals surface area contributed by atoms with Gasteiger partial charge in [-0.2, -0.15) is 0 Å². The highest BCUT2D eigenvalue weighted by atomic mass is 35.5. The van der Waals surface area contributed by atoms with E-state index in [0.717, 1.165) is 24.9 Å². The minimum Gasteiger partial charge on any atom is -0.316 e. The van der Waals surface area contributed by atoms with Crippen LogP contribution in [0.15, 0.2) is 23.1 Å². The van der Waals surface area contributed by atoms with E-state index in [0.29, 0.717) is 18.0 Å². The topological polar surface area (TPSA) is 58.2 Å². The monoisotopic (exact) mass is 320 g/mol. The Hall–Kier alpha value is -0.620. The Balaban J connectivity index is 0.00000361. The average Bonchev–Trinajstić information content (AvgIpc) is 2.42. The van der Waals surface area contributed by atoms with Crippen molar-refractivity contribution in [3.63, 3.8) is 0 Å². The molecule has 0 aliphatic rings. The molecule has 4 nitrogen and oxygen atoms in total. The summed E-state index contributed by atoms with van der Waals surface area (Å²) in [7, 11) is -3.39. The molecule has 0 amide bonds. The zero-order valence-electron chi connectivity index (χ0n) is 12.4. The number of nitrogens with one attached hydrogen (secondary N) is 2. The molecule has 0 atom stereocenters. The highest BCUT2D eigenvalue weighted by Crippen LogP contribution is 2.17. The lowest BCUT2D eigenvalue weighted by atomic mass is 10.0. The first kappa shape index (κ1) is 19.4. The van der Waals surface area contributed by atoms with Crippen molar-refractivity contribution in [1.82, 2.24) is 10.0 Å². The van der Waals surface area contributed by atoms with Gasteiger partial charge in [0.25, 0.3) is 0 Å². The highest BCUT2D eigenvalue weighted by molar-refractivity contribution is 7.89. The standard InChI is InChI=1S/C14H24N2O2S.ClH/c1-4-12-7-8-14(11-13(12)5-2)19(17,18)16-10-9-15-6-3;/h7-8,11,15-16H,4-6,9-10H2,1-3H3;1H. The second-order valence-corrected chi connectivity index (χ2v) is 6.16. The van der Waals surface area contributed by atoms with Crippen LogP contribution in [-0.4, -0.2) is 28.1 Å². The molecule has 0 spiro atoms. The van der Waals surface area contributed by atoms with Crippen molar-refractivity contribution in [2.75, 3.05) is 19.6 Å². The van der Waals surface area contributed by atoms with Crippen molar-refractivity contribution in [3.8, 4) is 0 Å². The van der Waals surface area contributed by atoms with Gasteiger partial charge in [0.1, 0.15) is 0 Å². The Labute approximate surface area is 128 Å². The highest BCUT2D eigenvalue weighted by Gasteiger charge is 2.14. The third kappa shape index (κ3) is 5.40. The lowest BCUT2D eigenvalue weighted by Crippen LogP contribution is -2.31. The minimum atomic E-state index is -3.39. The Morgan fingerprint density at radius 1 is 1.00 bits per heavy atom. The average molecular weight is 321 g/mol. The van der Waals surface area contributed by atoms with Gasteiger partial charge in [-0.1, -0.05) is 26.8 Å². The third-order valence-corrected chi connectivity index (χ3v) is 4.55. The molecule has 0 aromatic heterocycles. The molecule has 1 aromatic rings. The summed E-state index contributed by atoms with van der Waals surface area (Å²) in [5.74, 6) is 0. The van der Waals surface area contributed by atoms with E-state index in [9.17, 15) is 8.42 Å². The molecule has 0 radical (unpaired) electrons. The van der Waals surface area contributed by atoms with E-state index in [4.69, 9.17) is 0 Å². The molecule has 0 aliphatic carbocycles. The van der Waals surface area contributed by atoms with Gasteiger partial charge < -0.3 is 5.32 Å². The van der Waals surface area contributed by atoms with Gasteiger partial charge in [-0.05, 0) is 42.6 Å². The normalized spacial score (nSPS) is 11.2. The summed E-state index contributed by atoms with van der Waals surface area (Å²) in [6, 6.07) is 5.39. The summed E-state index contributed by atoms with van der Waals surface area (Å²) in [5.41, 5.74) is 2.33. The number of halogens is 1. The zero-order valence-corrected chi connectivity index (χ0v) is 14.0. The van der Waals surface area contributed by atoms with E-state index in [2.05, 4.69) is 17.0 Å². The molecule has 2 N–H and O–H groups in total. The first-order valence-corrected chi connectivity index (χ1v) is 8.35. The molecule has 0 aliphatic heterocycles. The van der Waals surface area contributed by atoms with Gasteiger partial charge >= 0.3 is 0 Å². The van der Waals surface area contributed by atoms with E-state index in [1.165, 1.54) is 5.56 Å². The fraction of sp³-hybridized carbons (Fsp3) is 0.571. The molecule has 0 saturated carbocycles. The fourth-order valence-corrected chi connectivity index (χ4v) is 3.06. The number of hydrogen-bond donors (Lipinski definition) is 2. The Bertz CT molecular complexity index is 504. The molecule has 116 valence electrons. The summed E-state index contributed by atoms with van der Waals surface area (Å²) in [5, 5.41) is 3.09. The molecule has 0 heterocycles. The van der Waals surface area contributed by atoms with Crippen LogP contribution in [0.1, 0.15) is 31.9 Å². The molecule has 1 rings (SSSR count). The predicted molar refractivity (Wildman–Crippen MR) is 86.2 cm³/mol. The lowest BCUT2D eigenvalue weighted by molar-refractivity contribution is 0.577. The molecular weight excluding hydrogens is 296 g/mol. The van der Waals surface area contributed by atoms with Gasteiger partial charge in [-0.15, -0.1) is 12.4 Å². The van der Waals surface area contributed by atoms with E-state index < -0.39 is 10.0 Å². The summed E-state index contributed by atoms with van der Waals surface area (Å²) < 4.78 is 26.9. The van der Waals surface area contributed by atoms with Crippen LogP contribution in [0.3, 0.4) is 0 Å². The maximum absolute atomic E-state index is 12.1. The first-order chi connectivity index (χ1) is 9.05. The Kier molecular flexibility index (Phi) is 9.05. The van der Waals surface area contributed by atoms with Crippen molar-refractivity contribution in [2.45, 2.75) is 38.5 Å². The van der Waals surface area contributed by atoms with E-state index in [1.807, 2.05) is 19.9 Å². The minimum absolute atomic E-state index is 0. The number of hydrogen-bond acceptors (Lipinski definition) is 3. The van der Waals surface area contributed by atoms with Gasteiger partial charge in [0.15, 0.2) is 0 Å². The van der Waals surface area contributed by atoms with E-state index in [-0.39, 0.29) is 12.4 Å². The van der Waals surface area contributed by atoms with Crippen LogP contribution in [0.25, 0.3) is 0 Å². The van der Waals surface area contributed by atoms with Crippen LogP contribution in [0.5, 0.6) is 0 Å². The fourth-order valence-electron chi connectivity index (χ4n) is 1.98. The van der Waals surface area contributed by atoms with Crippen molar-refractivity contribution in [3.05, 3.63) is 29.3 Å². The van der Waals surface area contributed by atoms with Gasteiger partial charge in [0.05, 0.1) is 4.90 Å². The van der Waals surface area contributed by atoms with Crippen molar-refractivity contribution < 1.29 is 8.42 Å². The second kappa shape index (κ2) is 9.34. The molecule has 20 heavy (non-hydrogen) atoms. The van der Waals surface area contributed by atoms with Gasteiger partial charge in [0.2, 0.25) is 10.0 Å². The SMILES string of the molecule is CCNCCNS(=O)(=O)c1ccc(CC)c(CC)c1.Cl. The van der Waals surface area contributed by atoms with E-state index >= 15 is 0 Å². The van der Waals surface area contributed by atoms with Crippen LogP contribution < -0.4 is 10.0 Å². The molecule has 1 aromatic carbocycles. The maximum Gasteiger partial charge on any atom is 0.240 e. The predicted octanol–water partition coefficient (Wildman–Crippen LogP) is 2.12. The first-order valence-electron chi connectivity index (χ1n) is 6.87. The molecular formula is C14H25ClN2O2S. The van der Waals surface area contributed by atoms with E-state index in [1.54, 1.807) is 12.1 Å². The number of sulfonamides is 1. The smallest absolute Gasteiger partial charge is 0.240 e. The number of likely N-dealkylation sites (N-methyl/N-ethyl adjacent to an activating group) is 1. The molecule has 0 bridgehead atoms. The van der Waals surface area contributed by atoms with Crippen LogP contribution >= 0.6 is 12.4 Å². The number of benzene rings is 1. The van der Waals surface area contributed by atoms with Crippen molar-refractivity contribution in [1.29, 1.82) is 0 Å². The molecule has 0 unspecified atom stereocenters. The summed E-state index contributed by atoms with van der Waals surface area (Å²) in [4.78, 5) is 0.359. The molecule has 0 fully saturated rings. The van der Waals surface area contributed by atoms with Gasteiger partial charge in [0, 0.05) is 13.1 Å². The van der Waals surface area contributed by atoms with Crippen LogP contribution in [0.4, 0.5) is 0 Å². The lowest BCUT2D eigenvalue weighted by Gasteiger charge is -2.11. The van der Waals surface area contributed by atoms with Crippen molar-refractivity contribution >= 4 is 22.4 Å². The summed E-state index contributed by atoms with van der Waals surface area (Å²) >= 11 is 0.